The third kappa shape index (κ3) is 3.03. The molecular formula is C21H27N7. The maximum Gasteiger partial charge on any atom is 0.156 e. The van der Waals surface area contributed by atoms with E-state index in [0.717, 1.165) is 66.8 Å². The van der Waals surface area contributed by atoms with Crippen LogP contribution in [-0.2, 0) is 13.0 Å². The molecule has 3 aliphatic rings. The molecule has 146 valence electrons. The number of aryl methyl sites for hydroxylation is 1. The van der Waals surface area contributed by atoms with E-state index in [0.29, 0.717) is 18.5 Å². The molecule has 0 amide bonds. The molecule has 1 fully saturated rings. The molecule has 7 nitrogen and oxygen atoms in total. The SMILES string of the molecule is CN(C[C@H]1CCC[C@@H]1N)c1cnc2c(n1)CN=C2N1CCCc2ncccc21. The number of amidine groups is 1. The summed E-state index contributed by atoms with van der Waals surface area (Å²) in [6.07, 6.45) is 9.43. The molecule has 1 aliphatic carbocycles. The molecule has 0 spiro atoms. The lowest BCUT2D eigenvalue weighted by Crippen LogP contribution is -2.36. The van der Waals surface area contributed by atoms with Crippen molar-refractivity contribution >= 4 is 17.3 Å². The Kier molecular flexibility index (Phi) is 4.47. The van der Waals surface area contributed by atoms with E-state index < -0.39 is 0 Å². The first kappa shape index (κ1) is 17.6. The first-order chi connectivity index (χ1) is 13.7. The minimum atomic E-state index is 0.313. The summed E-state index contributed by atoms with van der Waals surface area (Å²) in [5.41, 5.74) is 10.4. The second kappa shape index (κ2) is 7.13. The molecule has 0 bridgehead atoms. The third-order valence-electron chi connectivity index (χ3n) is 6.25. The number of nitrogens with two attached hydrogens (primary N) is 1. The van der Waals surface area contributed by atoms with E-state index >= 15 is 0 Å². The highest BCUT2D eigenvalue weighted by molar-refractivity contribution is 6.11. The smallest absolute Gasteiger partial charge is 0.156 e. The molecule has 7 heteroatoms. The van der Waals surface area contributed by atoms with Crippen LogP contribution in [0.15, 0.2) is 29.5 Å². The summed E-state index contributed by atoms with van der Waals surface area (Å²) in [5, 5.41) is 0. The van der Waals surface area contributed by atoms with Gasteiger partial charge in [-0.05, 0) is 43.7 Å². The molecule has 2 aliphatic heterocycles. The molecule has 28 heavy (non-hydrogen) atoms. The van der Waals surface area contributed by atoms with Crippen LogP contribution in [0.4, 0.5) is 11.5 Å². The Labute approximate surface area is 165 Å². The molecule has 0 saturated heterocycles. The number of aromatic nitrogens is 3. The Bertz CT molecular complexity index is 909. The lowest BCUT2D eigenvalue weighted by Gasteiger charge is -2.30. The predicted octanol–water partition coefficient (Wildman–Crippen LogP) is 2.15. The van der Waals surface area contributed by atoms with Gasteiger partial charge in [-0.25, -0.2) is 9.97 Å². The van der Waals surface area contributed by atoms with Crippen molar-refractivity contribution < 1.29 is 0 Å². The number of hydrogen-bond donors (Lipinski definition) is 1. The molecule has 0 aromatic carbocycles. The van der Waals surface area contributed by atoms with E-state index in [-0.39, 0.29) is 0 Å². The zero-order chi connectivity index (χ0) is 19.1. The van der Waals surface area contributed by atoms with E-state index in [1.807, 2.05) is 18.5 Å². The Morgan fingerprint density at radius 3 is 3.00 bits per heavy atom. The minimum absolute atomic E-state index is 0.313. The van der Waals surface area contributed by atoms with Crippen LogP contribution in [-0.4, -0.2) is 47.0 Å². The van der Waals surface area contributed by atoms with E-state index in [1.165, 1.54) is 12.8 Å². The van der Waals surface area contributed by atoms with Crippen molar-refractivity contribution in [2.45, 2.75) is 44.7 Å². The van der Waals surface area contributed by atoms with Gasteiger partial charge in [0.2, 0.25) is 0 Å². The number of rotatable bonds is 3. The van der Waals surface area contributed by atoms with Crippen LogP contribution in [0.25, 0.3) is 0 Å². The van der Waals surface area contributed by atoms with E-state index in [9.17, 15) is 0 Å². The number of hydrogen-bond acceptors (Lipinski definition) is 7. The highest BCUT2D eigenvalue weighted by atomic mass is 15.2. The molecule has 2 N–H and O–H groups in total. The van der Waals surface area contributed by atoms with Crippen molar-refractivity contribution in [3.8, 4) is 0 Å². The highest BCUT2D eigenvalue weighted by Gasteiger charge is 2.30. The van der Waals surface area contributed by atoms with Gasteiger partial charge >= 0.3 is 0 Å². The van der Waals surface area contributed by atoms with Crippen LogP contribution in [0.3, 0.4) is 0 Å². The Morgan fingerprint density at radius 1 is 1.21 bits per heavy atom. The zero-order valence-electron chi connectivity index (χ0n) is 16.4. The fourth-order valence-electron chi connectivity index (χ4n) is 4.69. The average molecular weight is 377 g/mol. The maximum atomic E-state index is 6.24. The van der Waals surface area contributed by atoms with Gasteiger partial charge in [-0.2, -0.15) is 0 Å². The van der Waals surface area contributed by atoms with Gasteiger partial charge in [0.25, 0.3) is 0 Å². The summed E-state index contributed by atoms with van der Waals surface area (Å²) in [5.74, 6) is 2.39. The standard InChI is InChI=1S/C21H27N7/c1-27(13-14-5-2-6-15(14)22)19-12-24-20-17(26-19)11-25-21(20)28-10-4-7-16-18(28)8-3-9-23-16/h3,8-9,12,14-15H,2,4-7,10-11,13,22H2,1H3/t14-,15+/m1/s1. The first-order valence-corrected chi connectivity index (χ1v) is 10.3. The Hall–Kier alpha value is -2.54. The van der Waals surface area contributed by atoms with Crippen LogP contribution in [0.1, 0.15) is 42.8 Å². The summed E-state index contributed by atoms with van der Waals surface area (Å²) in [6.45, 7) is 2.47. The lowest BCUT2D eigenvalue weighted by molar-refractivity contribution is 0.481. The van der Waals surface area contributed by atoms with Gasteiger partial charge in [0, 0.05) is 32.4 Å². The quantitative estimate of drug-likeness (QED) is 0.882. The third-order valence-corrected chi connectivity index (χ3v) is 6.25. The minimum Gasteiger partial charge on any atom is -0.358 e. The fraction of sp³-hybridized carbons (Fsp3) is 0.524. The lowest BCUT2D eigenvalue weighted by atomic mass is 10.0. The molecule has 2 aromatic heterocycles. The Balaban J connectivity index is 1.37. The molecule has 5 rings (SSSR count). The van der Waals surface area contributed by atoms with Gasteiger partial charge in [-0.1, -0.05) is 6.42 Å². The predicted molar refractivity (Wildman–Crippen MR) is 111 cm³/mol. The summed E-state index contributed by atoms with van der Waals surface area (Å²) >= 11 is 0. The molecular weight excluding hydrogens is 350 g/mol. The maximum absolute atomic E-state index is 6.24. The van der Waals surface area contributed by atoms with Gasteiger partial charge in [-0.3, -0.25) is 9.98 Å². The highest BCUT2D eigenvalue weighted by Crippen LogP contribution is 2.30. The fourth-order valence-corrected chi connectivity index (χ4v) is 4.69. The van der Waals surface area contributed by atoms with Crippen molar-refractivity contribution in [1.29, 1.82) is 0 Å². The number of aliphatic imine (C=N–C) groups is 1. The van der Waals surface area contributed by atoms with Crippen LogP contribution in [0.5, 0.6) is 0 Å². The number of fused-ring (bicyclic) bond motifs is 2. The Morgan fingerprint density at radius 2 is 2.14 bits per heavy atom. The summed E-state index contributed by atoms with van der Waals surface area (Å²) < 4.78 is 0. The van der Waals surface area contributed by atoms with Gasteiger partial charge in [0.05, 0.1) is 29.8 Å². The monoisotopic (exact) mass is 377 g/mol. The summed E-state index contributed by atoms with van der Waals surface area (Å²) in [6, 6.07) is 4.43. The molecule has 2 aromatic rings. The summed E-state index contributed by atoms with van der Waals surface area (Å²) in [4.78, 5) is 23.4. The number of nitrogens with zero attached hydrogens (tertiary/aromatic N) is 6. The van der Waals surface area contributed by atoms with Crippen molar-refractivity contribution in [1.82, 2.24) is 15.0 Å². The molecule has 4 heterocycles. The normalized spacial score (nSPS) is 23.4. The first-order valence-electron chi connectivity index (χ1n) is 10.3. The van der Waals surface area contributed by atoms with Crippen LogP contribution >= 0.6 is 0 Å². The largest absolute Gasteiger partial charge is 0.358 e. The number of anilines is 2. The zero-order valence-corrected chi connectivity index (χ0v) is 16.4. The van der Waals surface area contributed by atoms with Gasteiger partial charge in [0.1, 0.15) is 11.5 Å². The second-order valence-electron chi connectivity index (χ2n) is 8.12. The van der Waals surface area contributed by atoms with Crippen molar-refractivity contribution in [2.24, 2.45) is 16.6 Å². The second-order valence-corrected chi connectivity index (χ2v) is 8.12. The van der Waals surface area contributed by atoms with Crippen molar-refractivity contribution in [2.75, 3.05) is 29.9 Å². The van der Waals surface area contributed by atoms with E-state index in [4.69, 9.17) is 20.7 Å². The van der Waals surface area contributed by atoms with Crippen LogP contribution in [0.2, 0.25) is 0 Å². The van der Waals surface area contributed by atoms with Crippen LogP contribution < -0.4 is 15.5 Å². The van der Waals surface area contributed by atoms with Crippen LogP contribution in [0, 0.1) is 5.92 Å². The van der Waals surface area contributed by atoms with Crippen molar-refractivity contribution in [3.63, 3.8) is 0 Å². The molecule has 0 unspecified atom stereocenters. The summed E-state index contributed by atoms with van der Waals surface area (Å²) in [7, 11) is 2.09. The average Bonchev–Trinajstić information content (AvgIpc) is 3.33. The van der Waals surface area contributed by atoms with Crippen molar-refractivity contribution in [3.05, 3.63) is 41.6 Å². The topological polar surface area (TPSA) is 83.5 Å². The van der Waals surface area contributed by atoms with Gasteiger partial charge in [0.15, 0.2) is 5.84 Å². The van der Waals surface area contributed by atoms with Gasteiger partial charge in [-0.15, -0.1) is 0 Å². The molecule has 1 saturated carbocycles. The van der Waals surface area contributed by atoms with Gasteiger partial charge < -0.3 is 15.5 Å². The molecule has 2 atom stereocenters. The van der Waals surface area contributed by atoms with E-state index in [1.54, 1.807) is 0 Å². The molecule has 0 radical (unpaired) electrons. The number of pyridine rings is 1. The van der Waals surface area contributed by atoms with E-state index in [2.05, 4.69) is 27.9 Å².